The van der Waals surface area contributed by atoms with Crippen LogP contribution in [0.3, 0.4) is 0 Å². The zero-order valence-electron chi connectivity index (χ0n) is 8.16. The summed E-state index contributed by atoms with van der Waals surface area (Å²) in [7, 11) is 0. The summed E-state index contributed by atoms with van der Waals surface area (Å²) in [5.41, 5.74) is 7.56. The molecule has 72 valence electrons. The van der Waals surface area contributed by atoms with E-state index in [0.717, 1.165) is 37.2 Å². The van der Waals surface area contributed by atoms with Crippen LogP contribution >= 0.6 is 0 Å². The quantitative estimate of drug-likeness (QED) is 0.555. The normalized spacial score (nSPS) is 10.2. The second-order valence-electron chi connectivity index (χ2n) is 3.08. The van der Waals surface area contributed by atoms with Crippen LogP contribution in [0.2, 0.25) is 0 Å². The standard InChI is InChI=1S/C10H17N3/c1-3-5-6-7-13-8-9(11)10(4-2)12-13/h3,8H,1,4-7,11H2,2H3. The number of unbranched alkanes of at least 4 members (excludes halogenated alkanes) is 1. The van der Waals surface area contributed by atoms with Gasteiger partial charge in [0.25, 0.3) is 0 Å². The fourth-order valence-electron chi connectivity index (χ4n) is 1.26. The largest absolute Gasteiger partial charge is 0.396 e. The molecule has 1 aromatic heterocycles. The van der Waals surface area contributed by atoms with Crippen LogP contribution in [-0.2, 0) is 13.0 Å². The molecule has 0 spiro atoms. The highest BCUT2D eigenvalue weighted by Crippen LogP contribution is 2.09. The van der Waals surface area contributed by atoms with E-state index in [1.54, 1.807) is 0 Å². The van der Waals surface area contributed by atoms with E-state index in [1.165, 1.54) is 0 Å². The van der Waals surface area contributed by atoms with Crippen LogP contribution in [0.25, 0.3) is 0 Å². The molecule has 0 saturated carbocycles. The summed E-state index contributed by atoms with van der Waals surface area (Å²) in [6.07, 6.45) is 6.84. The van der Waals surface area contributed by atoms with Crippen molar-refractivity contribution in [2.45, 2.75) is 32.7 Å². The third-order valence-corrected chi connectivity index (χ3v) is 2.00. The van der Waals surface area contributed by atoms with Crippen molar-refractivity contribution in [2.75, 3.05) is 5.73 Å². The highest BCUT2D eigenvalue weighted by Gasteiger charge is 2.02. The first-order valence-electron chi connectivity index (χ1n) is 4.70. The zero-order valence-corrected chi connectivity index (χ0v) is 8.16. The first kappa shape index (κ1) is 9.84. The first-order chi connectivity index (χ1) is 6.27. The number of rotatable bonds is 5. The molecule has 0 atom stereocenters. The number of anilines is 1. The molecule has 1 heterocycles. The summed E-state index contributed by atoms with van der Waals surface area (Å²) in [5, 5.41) is 4.36. The minimum absolute atomic E-state index is 0.807. The van der Waals surface area contributed by atoms with Crippen molar-refractivity contribution in [3.8, 4) is 0 Å². The van der Waals surface area contributed by atoms with Gasteiger partial charge < -0.3 is 5.73 Å². The molecule has 0 aliphatic rings. The van der Waals surface area contributed by atoms with E-state index in [9.17, 15) is 0 Å². The van der Waals surface area contributed by atoms with Gasteiger partial charge in [0.15, 0.2) is 0 Å². The van der Waals surface area contributed by atoms with E-state index in [-0.39, 0.29) is 0 Å². The molecule has 0 aromatic carbocycles. The smallest absolute Gasteiger partial charge is 0.0851 e. The zero-order chi connectivity index (χ0) is 9.68. The molecule has 0 aliphatic carbocycles. The number of nitrogen functional groups attached to an aromatic ring is 1. The highest BCUT2D eigenvalue weighted by atomic mass is 15.3. The topological polar surface area (TPSA) is 43.8 Å². The minimum atomic E-state index is 0.807. The van der Waals surface area contributed by atoms with Crippen molar-refractivity contribution in [1.82, 2.24) is 9.78 Å². The van der Waals surface area contributed by atoms with Crippen molar-refractivity contribution in [3.05, 3.63) is 24.5 Å². The SMILES string of the molecule is C=CCCCn1cc(N)c(CC)n1. The van der Waals surface area contributed by atoms with Gasteiger partial charge in [-0.1, -0.05) is 13.0 Å². The summed E-state index contributed by atoms with van der Waals surface area (Å²) >= 11 is 0. The fourth-order valence-corrected chi connectivity index (χ4v) is 1.26. The summed E-state index contributed by atoms with van der Waals surface area (Å²) in [5.74, 6) is 0. The molecule has 1 aromatic rings. The molecule has 2 N–H and O–H groups in total. The van der Waals surface area contributed by atoms with Crippen LogP contribution in [-0.4, -0.2) is 9.78 Å². The monoisotopic (exact) mass is 179 g/mol. The molecule has 13 heavy (non-hydrogen) atoms. The Morgan fingerprint density at radius 3 is 3.00 bits per heavy atom. The number of hydrogen-bond donors (Lipinski definition) is 1. The molecular weight excluding hydrogens is 162 g/mol. The lowest BCUT2D eigenvalue weighted by Crippen LogP contribution is -1.98. The summed E-state index contributed by atoms with van der Waals surface area (Å²) in [4.78, 5) is 0. The number of aromatic nitrogens is 2. The van der Waals surface area contributed by atoms with E-state index in [2.05, 4.69) is 18.6 Å². The van der Waals surface area contributed by atoms with Crippen molar-refractivity contribution in [1.29, 1.82) is 0 Å². The number of nitrogens with two attached hydrogens (primary N) is 1. The minimum Gasteiger partial charge on any atom is -0.396 e. The Kier molecular flexibility index (Phi) is 3.55. The summed E-state index contributed by atoms with van der Waals surface area (Å²) < 4.78 is 1.91. The maximum absolute atomic E-state index is 5.75. The van der Waals surface area contributed by atoms with Crippen molar-refractivity contribution in [2.24, 2.45) is 0 Å². The van der Waals surface area contributed by atoms with E-state index in [1.807, 2.05) is 17.0 Å². The molecule has 0 aliphatic heterocycles. The molecule has 0 bridgehead atoms. The molecule has 1 rings (SSSR count). The Labute approximate surface area is 79.2 Å². The second-order valence-corrected chi connectivity index (χ2v) is 3.08. The third-order valence-electron chi connectivity index (χ3n) is 2.00. The van der Waals surface area contributed by atoms with Gasteiger partial charge in [0.1, 0.15) is 0 Å². The average Bonchev–Trinajstić information content (AvgIpc) is 2.47. The van der Waals surface area contributed by atoms with Crippen LogP contribution in [0.4, 0.5) is 5.69 Å². The van der Waals surface area contributed by atoms with Crippen LogP contribution in [0.5, 0.6) is 0 Å². The van der Waals surface area contributed by atoms with Crippen LogP contribution in [0, 0.1) is 0 Å². The van der Waals surface area contributed by atoms with Gasteiger partial charge in [0.2, 0.25) is 0 Å². The van der Waals surface area contributed by atoms with Gasteiger partial charge >= 0.3 is 0 Å². The Balaban J connectivity index is 2.52. The number of allylic oxidation sites excluding steroid dienone is 1. The predicted molar refractivity (Wildman–Crippen MR) is 55.4 cm³/mol. The van der Waals surface area contributed by atoms with Gasteiger partial charge in [0.05, 0.1) is 11.4 Å². The number of aryl methyl sites for hydroxylation is 2. The van der Waals surface area contributed by atoms with Gasteiger partial charge in [-0.15, -0.1) is 6.58 Å². The lowest BCUT2D eigenvalue weighted by atomic mass is 10.3. The molecule has 0 amide bonds. The molecule has 0 unspecified atom stereocenters. The lowest BCUT2D eigenvalue weighted by Gasteiger charge is -1.97. The maximum Gasteiger partial charge on any atom is 0.0851 e. The molecular formula is C10H17N3. The molecule has 3 nitrogen and oxygen atoms in total. The predicted octanol–water partition coefficient (Wildman–Crippen LogP) is 1.99. The van der Waals surface area contributed by atoms with Crippen molar-refractivity contribution < 1.29 is 0 Å². The fraction of sp³-hybridized carbons (Fsp3) is 0.500. The van der Waals surface area contributed by atoms with Crippen LogP contribution in [0.15, 0.2) is 18.9 Å². The Bertz CT molecular complexity index is 276. The first-order valence-corrected chi connectivity index (χ1v) is 4.70. The Morgan fingerprint density at radius 1 is 1.69 bits per heavy atom. The lowest BCUT2D eigenvalue weighted by molar-refractivity contribution is 0.577. The summed E-state index contributed by atoms with van der Waals surface area (Å²) in [6.45, 7) is 6.67. The second kappa shape index (κ2) is 4.70. The molecule has 0 fully saturated rings. The van der Waals surface area contributed by atoms with E-state index < -0.39 is 0 Å². The van der Waals surface area contributed by atoms with Crippen molar-refractivity contribution >= 4 is 5.69 Å². The highest BCUT2D eigenvalue weighted by molar-refractivity contribution is 5.40. The van der Waals surface area contributed by atoms with E-state index in [0.29, 0.717) is 0 Å². The van der Waals surface area contributed by atoms with Gasteiger partial charge in [-0.2, -0.15) is 5.10 Å². The van der Waals surface area contributed by atoms with Gasteiger partial charge in [-0.05, 0) is 19.3 Å². The Morgan fingerprint density at radius 2 is 2.46 bits per heavy atom. The molecule has 3 heteroatoms. The molecule has 0 saturated heterocycles. The summed E-state index contributed by atoms with van der Waals surface area (Å²) in [6, 6.07) is 0. The van der Waals surface area contributed by atoms with E-state index >= 15 is 0 Å². The maximum atomic E-state index is 5.75. The third kappa shape index (κ3) is 2.61. The van der Waals surface area contributed by atoms with Gasteiger partial charge in [0, 0.05) is 12.7 Å². The average molecular weight is 179 g/mol. The number of nitrogens with zero attached hydrogens (tertiary/aromatic N) is 2. The Hall–Kier alpha value is -1.25. The van der Waals surface area contributed by atoms with Gasteiger partial charge in [-0.25, -0.2) is 0 Å². The molecule has 0 radical (unpaired) electrons. The van der Waals surface area contributed by atoms with E-state index in [4.69, 9.17) is 5.73 Å². The number of hydrogen-bond acceptors (Lipinski definition) is 2. The van der Waals surface area contributed by atoms with Crippen LogP contribution < -0.4 is 5.73 Å². The van der Waals surface area contributed by atoms with Crippen LogP contribution in [0.1, 0.15) is 25.5 Å². The van der Waals surface area contributed by atoms with Crippen molar-refractivity contribution in [3.63, 3.8) is 0 Å². The van der Waals surface area contributed by atoms with Gasteiger partial charge in [-0.3, -0.25) is 4.68 Å².